The van der Waals surface area contributed by atoms with Gasteiger partial charge in [0.15, 0.2) is 0 Å². The summed E-state index contributed by atoms with van der Waals surface area (Å²) in [6.45, 7) is 8.94. The van der Waals surface area contributed by atoms with Crippen LogP contribution in [0.15, 0.2) is 18.7 Å². The maximum Gasteiger partial charge on any atom is -0.0348 e. The first-order valence-electron chi connectivity index (χ1n) is 4.56. The normalized spacial score (nSPS) is 9.45. The SMILES string of the molecule is [CH]=CCCCCCCCC=C. The minimum absolute atomic E-state index is 1.07. The van der Waals surface area contributed by atoms with Crippen molar-refractivity contribution in [1.29, 1.82) is 0 Å². The van der Waals surface area contributed by atoms with Crippen LogP contribution in [0.4, 0.5) is 0 Å². The molecule has 0 aliphatic rings. The zero-order chi connectivity index (χ0) is 8.36. The monoisotopic (exact) mass is 151 g/mol. The number of hydrogen-bond donors (Lipinski definition) is 0. The lowest BCUT2D eigenvalue weighted by atomic mass is 10.1. The number of allylic oxidation sites excluding steroid dienone is 2. The van der Waals surface area contributed by atoms with Crippen LogP contribution in [0.2, 0.25) is 0 Å². The molecule has 0 unspecified atom stereocenters. The molecule has 0 atom stereocenters. The van der Waals surface area contributed by atoms with Crippen molar-refractivity contribution in [2.45, 2.75) is 44.9 Å². The van der Waals surface area contributed by atoms with Gasteiger partial charge < -0.3 is 0 Å². The van der Waals surface area contributed by atoms with Gasteiger partial charge in [0.1, 0.15) is 0 Å². The topological polar surface area (TPSA) is 0 Å². The molecule has 11 heavy (non-hydrogen) atoms. The molecule has 0 rings (SSSR count). The fourth-order valence-electron chi connectivity index (χ4n) is 1.08. The Balaban J connectivity index is 2.79. The fraction of sp³-hybridized carbons (Fsp3) is 0.636. The van der Waals surface area contributed by atoms with Gasteiger partial charge in [0, 0.05) is 0 Å². The van der Waals surface area contributed by atoms with E-state index in [1.807, 2.05) is 6.08 Å². The molecule has 0 nitrogen and oxygen atoms in total. The highest BCUT2D eigenvalue weighted by atomic mass is 13.9. The Kier molecular flexibility index (Phi) is 9.03. The van der Waals surface area contributed by atoms with E-state index in [4.69, 9.17) is 6.58 Å². The van der Waals surface area contributed by atoms with Crippen molar-refractivity contribution in [2.24, 2.45) is 0 Å². The molecule has 0 aromatic heterocycles. The molecular weight excluding hydrogens is 132 g/mol. The molecule has 0 N–H and O–H groups in total. The van der Waals surface area contributed by atoms with Crippen molar-refractivity contribution in [1.82, 2.24) is 0 Å². The largest absolute Gasteiger partial charge is 0.103 e. The van der Waals surface area contributed by atoms with Crippen LogP contribution < -0.4 is 0 Å². The lowest BCUT2D eigenvalue weighted by Gasteiger charge is -1.97. The summed E-state index contributed by atoms with van der Waals surface area (Å²) in [5, 5.41) is 0. The van der Waals surface area contributed by atoms with Crippen LogP contribution in [0.3, 0.4) is 0 Å². The van der Waals surface area contributed by atoms with Crippen LogP contribution in [-0.4, -0.2) is 0 Å². The first kappa shape index (κ1) is 10.5. The van der Waals surface area contributed by atoms with E-state index >= 15 is 0 Å². The zero-order valence-corrected chi connectivity index (χ0v) is 7.39. The molecule has 63 valence electrons. The van der Waals surface area contributed by atoms with E-state index in [2.05, 4.69) is 6.58 Å². The quantitative estimate of drug-likeness (QED) is 0.364. The van der Waals surface area contributed by atoms with Gasteiger partial charge >= 0.3 is 0 Å². The summed E-state index contributed by atoms with van der Waals surface area (Å²) in [7, 11) is 0. The van der Waals surface area contributed by atoms with Crippen molar-refractivity contribution in [3.8, 4) is 0 Å². The molecule has 0 aromatic carbocycles. The minimum atomic E-state index is 1.07. The first-order chi connectivity index (χ1) is 5.41. The third kappa shape index (κ3) is 9.48. The average Bonchev–Trinajstić information content (AvgIpc) is 2.03. The molecule has 0 fully saturated rings. The fourth-order valence-corrected chi connectivity index (χ4v) is 1.08. The number of unbranched alkanes of at least 4 members (excludes halogenated alkanes) is 6. The summed E-state index contributed by atoms with van der Waals surface area (Å²) >= 11 is 0. The zero-order valence-electron chi connectivity index (χ0n) is 7.39. The Morgan fingerprint density at radius 3 is 2.00 bits per heavy atom. The lowest BCUT2D eigenvalue weighted by Crippen LogP contribution is -1.77. The van der Waals surface area contributed by atoms with Gasteiger partial charge in [-0.3, -0.25) is 0 Å². The molecule has 0 heterocycles. The van der Waals surface area contributed by atoms with Gasteiger partial charge in [-0.25, -0.2) is 0 Å². The minimum Gasteiger partial charge on any atom is -0.103 e. The van der Waals surface area contributed by atoms with Crippen LogP contribution >= 0.6 is 0 Å². The smallest absolute Gasteiger partial charge is 0.0348 e. The Labute approximate surface area is 71.0 Å². The van der Waals surface area contributed by atoms with Gasteiger partial charge in [-0.1, -0.05) is 38.0 Å². The third-order valence-electron chi connectivity index (χ3n) is 1.78. The van der Waals surface area contributed by atoms with Gasteiger partial charge in [-0.15, -0.1) is 6.58 Å². The van der Waals surface area contributed by atoms with E-state index in [9.17, 15) is 0 Å². The van der Waals surface area contributed by atoms with E-state index in [0.29, 0.717) is 0 Å². The molecule has 0 heteroatoms. The maximum atomic E-state index is 5.25. The van der Waals surface area contributed by atoms with Crippen molar-refractivity contribution in [3.05, 3.63) is 25.3 Å². The Morgan fingerprint density at radius 2 is 1.45 bits per heavy atom. The van der Waals surface area contributed by atoms with Crippen LogP contribution in [0.1, 0.15) is 44.9 Å². The maximum absolute atomic E-state index is 5.25. The number of hydrogen-bond acceptors (Lipinski definition) is 0. The molecular formula is C11H19. The predicted molar refractivity (Wildman–Crippen MR) is 51.4 cm³/mol. The Bertz CT molecular complexity index is 80.2. The molecule has 1 radical (unpaired) electrons. The van der Waals surface area contributed by atoms with E-state index < -0.39 is 0 Å². The summed E-state index contributed by atoms with van der Waals surface area (Å²) in [5.41, 5.74) is 0. The van der Waals surface area contributed by atoms with Gasteiger partial charge in [-0.05, 0) is 25.7 Å². The Morgan fingerprint density at radius 1 is 0.909 bits per heavy atom. The molecule has 0 aromatic rings. The van der Waals surface area contributed by atoms with E-state index in [0.717, 1.165) is 6.42 Å². The van der Waals surface area contributed by atoms with Crippen LogP contribution in [0.25, 0.3) is 0 Å². The summed E-state index contributed by atoms with van der Waals surface area (Å²) in [6, 6.07) is 0. The molecule has 0 bridgehead atoms. The first-order valence-corrected chi connectivity index (χ1v) is 4.56. The predicted octanol–water partition coefficient (Wildman–Crippen LogP) is 3.89. The summed E-state index contributed by atoms with van der Waals surface area (Å²) in [4.78, 5) is 0. The number of rotatable bonds is 8. The summed E-state index contributed by atoms with van der Waals surface area (Å²) in [6.07, 6.45) is 12.6. The molecule has 0 aliphatic carbocycles. The highest BCUT2D eigenvalue weighted by molar-refractivity contribution is 4.66. The highest BCUT2D eigenvalue weighted by Crippen LogP contribution is 2.06. The highest BCUT2D eigenvalue weighted by Gasteiger charge is 1.87. The van der Waals surface area contributed by atoms with Gasteiger partial charge in [0.2, 0.25) is 0 Å². The second kappa shape index (κ2) is 9.48. The lowest BCUT2D eigenvalue weighted by molar-refractivity contribution is 0.622. The van der Waals surface area contributed by atoms with Crippen LogP contribution in [-0.2, 0) is 0 Å². The van der Waals surface area contributed by atoms with Crippen LogP contribution in [0.5, 0.6) is 0 Å². The third-order valence-corrected chi connectivity index (χ3v) is 1.78. The summed E-state index contributed by atoms with van der Waals surface area (Å²) in [5.74, 6) is 0. The molecule has 0 amide bonds. The second-order valence-electron chi connectivity index (χ2n) is 2.87. The van der Waals surface area contributed by atoms with Crippen molar-refractivity contribution >= 4 is 0 Å². The van der Waals surface area contributed by atoms with Crippen molar-refractivity contribution in [3.63, 3.8) is 0 Å². The molecule has 0 aliphatic heterocycles. The van der Waals surface area contributed by atoms with E-state index in [1.54, 1.807) is 6.08 Å². The van der Waals surface area contributed by atoms with E-state index in [1.165, 1.54) is 38.5 Å². The standard InChI is InChI=1S/C11H19/c1-3-5-7-9-11-10-8-6-4-2/h1,3-4H,2,5-11H2. The molecule has 0 spiro atoms. The van der Waals surface area contributed by atoms with Gasteiger partial charge in [-0.2, -0.15) is 0 Å². The van der Waals surface area contributed by atoms with Crippen molar-refractivity contribution < 1.29 is 0 Å². The average molecular weight is 151 g/mol. The van der Waals surface area contributed by atoms with Crippen LogP contribution in [0, 0.1) is 6.58 Å². The Hall–Kier alpha value is -0.520. The second-order valence-corrected chi connectivity index (χ2v) is 2.87. The van der Waals surface area contributed by atoms with E-state index in [-0.39, 0.29) is 0 Å². The summed E-state index contributed by atoms with van der Waals surface area (Å²) < 4.78 is 0. The molecule has 0 saturated heterocycles. The van der Waals surface area contributed by atoms with Gasteiger partial charge in [0.25, 0.3) is 0 Å². The molecule has 0 saturated carbocycles. The van der Waals surface area contributed by atoms with Crippen molar-refractivity contribution in [2.75, 3.05) is 0 Å². The van der Waals surface area contributed by atoms with Gasteiger partial charge in [0.05, 0.1) is 0 Å².